The van der Waals surface area contributed by atoms with Crippen LogP contribution >= 0.6 is 0 Å². The van der Waals surface area contributed by atoms with E-state index in [1.807, 2.05) is 17.4 Å². The number of amides is 2. The summed E-state index contributed by atoms with van der Waals surface area (Å²) in [4.78, 5) is 32.9. The number of carbonyl (C=O) groups is 3. The monoisotopic (exact) mass is 447 g/mol. The molecule has 33 heavy (non-hydrogen) atoms. The summed E-state index contributed by atoms with van der Waals surface area (Å²) < 4.78 is 11.8. The standard InChI is InChI=1S/C20H12O5.C4H5NO3/c21-11-5-7-15-17(9-11)24-18-10-12(22)6-8-16(18)20(15)14-4-2-1-3-13(14)19(23)25-20;6-2-1-3(7)5-4(2)8/h1-10,21-22H;2,6H,1H2,(H,5,7,8). The average molecular weight is 447 g/mol. The Bertz CT molecular complexity index is 1280. The maximum Gasteiger partial charge on any atom is 0.340 e. The van der Waals surface area contributed by atoms with E-state index in [0.29, 0.717) is 33.8 Å². The van der Waals surface area contributed by atoms with Crippen molar-refractivity contribution in [2.45, 2.75) is 18.1 Å². The predicted molar refractivity (Wildman–Crippen MR) is 112 cm³/mol. The lowest BCUT2D eigenvalue weighted by Crippen LogP contribution is -2.32. The second kappa shape index (κ2) is 7.35. The van der Waals surface area contributed by atoms with E-state index in [1.165, 1.54) is 24.3 Å². The summed E-state index contributed by atoms with van der Waals surface area (Å²) in [6, 6.07) is 16.6. The number of hydrogen-bond donors (Lipinski definition) is 4. The Morgan fingerprint density at radius 1 is 0.848 bits per heavy atom. The second-order valence-electron chi connectivity index (χ2n) is 7.71. The summed E-state index contributed by atoms with van der Waals surface area (Å²) in [5, 5.41) is 30.1. The van der Waals surface area contributed by atoms with Crippen molar-refractivity contribution in [3.05, 3.63) is 82.9 Å². The lowest BCUT2D eigenvalue weighted by atomic mass is 9.77. The smallest absolute Gasteiger partial charge is 0.340 e. The minimum Gasteiger partial charge on any atom is -0.508 e. The van der Waals surface area contributed by atoms with Crippen molar-refractivity contribution >= 4 is 17.8 Å². The first-order valence-corrected chi connectivity index (χ1v) is 9.99. The van der Waals surface area contributed by atoms with E-state index >= 15 is 0 Å². The fraction of sp³-hybridized carbons (Fsp3) is 0.125. The molecule has 0 aromatic heterocycles. The predicted octanol–water partition coefficient (Wildman–Crippen LogP) is 2.06. The van der Waals surface area contributed by atoms with Crippen LogP contribution in [0.4, 0.5) is 0 Å². The van der Waals surface area contributed by atoms with Crippen LogP contribution in [0.2, 0.25) is 0 Å². The zero-order valence-corrected chi connectivity index (χ0v) is 16.9. The number of rotatable bonds is 0. The number of aliphatic hydroxyl groups is 1. The van der Waals surface area contributed by atoms with Gasteiger partial charge in [0.15, 0.2) is 5.60 Å². The van der Waals surface area contributed by atoms with E-state index in [-0.39, 0.29) is 17.9 Å². The van der Waals surface area contributed by atoms with E-state index in [2.05, 4.69) is 0 Å². The topological polar surface area (TPSA) is 142 Å². The van der Waals surface area contributed by atoms with Crippen LogP contribution in [-0.4, -0.2) is 39.2 Å². The van der Waals surface area contributed by atoms with E-state index < -0.39 is 29.5 Å². The molecule has 4 N–H and O–H groups in total. The zero-order valence-electron chi connectivity index (χ0n) is 16.9. The molecule has 0 saturated carbocycles. The zero-order chi connectivity index (χ0) is 23.3. The van der Waals surface area contributed by atoms with Gasteiger partial charge in [0.2, 0.25) is 5.91 Å². The molecule has 166 valence electrons. The molecular formula is C24H17NO8. The molecule has 3 aromatic rings. The van der Waals surface area contributed by atoms with Crippen LogP contribution in [0, 0.1) is 0 Å². The van der Waals surface area contributed by atoms with E-state index in [9.17, 15) is 24.6 Å². The summed E-state index contributed by atoms with van der Waals surface area (Å²) in [5.41, 5.74) is 1.28. The largest absolute Gasteiger partial charge is 0.508 e. The molecule has 3 heterocycles. The Morgan fingerprint density at radius 3 is 1.97 bits per heavy atom. The van der Waals surface area contributed by atoms with Gasteiger partial charge < -0.3 is 24.8 Å². The number of aliphatic hydroxyl groups excluding tert-OH is 1. The number of fused-ring (bicyclic) bond motifs is 6. The van der Waals surface area contributed by atoms with Gasteiger partial charge in [-0.1, -0.05) is 18.2 Å². The Kier molecular flexibility index (Phi) is 4.57. The fourth-order valence-corrected chi connectivity index (χ4v) is 4.19. The first kappa shape index (κ1) is 20.5. The molecular weight excluding hydrogens is 430 g/mol. The highest BCUT2D eigenvalue weighted by Gasteiger charge is 2.53. The quantitative estimate of drug-likeness (QED) is 0.303. The van der Waals surface area contributed by atoms with Gasteiger partial charge in [0.05, 0.1) is 12.0 Å². The van der Waals surface area contributed by atoms with Crippen LogP contribution in [0.1, 0.15) is 33.5 Å². The maximum atomic E-state index is 12.5. The first-order valence-electron chi connectivity index (χ1n) is 9.99. The first-order chi connectivity index (χ1) is 15.8. The Labute approximate surface area is 186 Å². The highest BCUT2D eigenvalue weighted by atomic mass is 16.6. The number of benzene rings is 3. The summed E-state index contributed by atoms with van der Waals surface area (Å²) in [5.74, 6) is -0.580. The number of imide groups is 1. The average Bonchev–Trinajstić information content (AvgIpc) is 3.23. The van der Waals surface area contributed by atoms with Crippen molar-refractivity contribution in [3.63, 3.8) is 0 Å². The molecule has 1 spiro atoms. The van der Waals surface area contributed by atoms with Gasteiger partial charge in [-0.2, -0.15) is 0 Å². The molecule has 1 unspecified atom stereocenters. The van der Waals surface area contributed by atoms with Gasteiger partial charge in [0.1, 0.15) is 29.1 Å². The molecule has 3 aliphatic heterocycles. The highest BCUT2D eigenvalue weighted by molar-refractivity contribution is 6.04. The van der Waals surface area contributed by atoms with Crippen molar-refractivity contribution in [1.29, 1.82) is 0 Å². The van der Waals surface area contributed by atoms with E-state index in [0.717, 1.165) is 0 Å². The SMILES string of the molecule is O=C1CC(O)C(=O)N1.O=C1OC2(c3ccc(O)cc3Oc3cc(O)ccc32)c2ccccc21. The van der Waals surface area contributed by atoms with Crippen LogP contribution in [0.3, 0.4) is 0 Å². The van der Waals surface area contributed by atoms with Crippen molar-refractivity contribution in [3.8, 4) is 23.0 Å². The summed E-state index contributed by atoms with van der Waals surface area (Å²) in [6.45, 7) is 0. The fourth-order valence-electron chi connectivity index (χ4n) is 4.19. The van der Waals surface area contributed by atoms with Crippen LogP contribution in [-0.2, 0) is 19.9 Å². The van der Waals surface area contributed by atoms with Crippen LogP contribution in [0.25, 0.3) is 0 Å². The maximum absolute atomic E-state index is 12.5. The Balaban J connectivity index is 0.000000243. The normalized spacial score (nSPS) is 18.8. The second-order valence-corrected chi connectivity index (χ2v) is 7.71. The van der Waals surface area contributed by atoms with Gasteiger partial charge in [-0.05, 0) is 30.3 Å². The lowest BCUT2D eigenvalue weighted by Gasteiger charge is -2.36. The number of esters is 1. The van der Waals surface area contributed by atoms with Gasteiger partial charge in [-0.15, -0.1) is 0 Å². The van der Waals surface area contributed by atoms with Gasteiger partial charge in [0, 0.05) is 28.8 Å². The number of phenolic OH excluding ortho intramolecular Hbond substituents is 2. The van der Waals surface area contributed by atoms with Gasteiger partial charge in [-0.3, -0.25) is 14.9 Å². The summed E-state index contributed by atoms with van der Waals surface area (Å²) >= 11 is 0. The third-order valence-corrected chi connectivity index (χ3v) is 5.62. The van der Waals surface area contributed by atoms with Gasteiger partial charge in [-0.25, -0.2) is 4.79 Å². The molecule has 1 atom stereocenters. The summed E-state index contributed by atoms with van der Waals surface area (Å²) in [6.07, 6.45) is -1.19. The van der Waals surface area contributed by atoms with E-state index in [4.69, 9.17) is 14.6 Å². The van der Waals surface area contributed by atoms with E-state index in [1.54, 1.807) is 24.3 Å². The molecule has 9 nitrogen and oxygen atoms in total. The molecule has 6 rings (SSSR count). The third-order valence-electron chi connectivity index (χ3n) is 5.62. The van der Waals surface area contributed by atoms with Crippen molar-refractivity contribution in [1.82, 2.24) is 5.32 Å². The number of hydrogen-bond acceptors (Lipinski definition) is 8. The molecule has 3 aliphatic rings. The van der Waals surface area contributed by atoms with Crippen LogP contribution in [0.5, 0.6) is 23.0 Å². The van der Waals surface area contributed by atoms with Crippen LogP contribution in [0.15, 0.2) is 60.7 Å². The van der Waals surface area contributed by atoms with Crippen LogP contribution < -0.4 is 10.1 Å². The Morgan fingerprint density at radius 2 is 1.45 bits per heavy atom. The van der Waals surface area contributed by atoms with Gasteiger partial charge >= 0.3 is 5.97 Å². The molecule has 2 amide bonds. The third kappa shape index (κ3) is 3.17. The van der Waals surface area contributed by atoms with Crippen molar-refractivity contribution < 1.29 is 39.2 Å². The number of ether oxygens (including phenoxy) is 2. The Hall–Kier alpha value is -4.37. The van der Waals surface area contributed by atoms with Gasteiger partial charge in [0.25, 0.3) is 5.91 Å². The minimum absolute atomic E-state index is 0.0371. The molecule has 1 saturated heterocycles. The number of carbonyl (C=O) groups excluding carboxylic acids is 3. The lowest BCUT2D eigenvalue weighted by molar-refractivity contribution is -0.127. The molecule has 0 aliphatic carbocycles. The molecule has 0 radical (unpaired) electrons. The molecule has 1 fully saturated rings. The number of nitrogens with one attached hydrogen (secondary N) is 1. The molecule has 3 aromatic carbocycles. The number of phenols is 2. The van der Waals surface area contributed by atoms with Crippen molar-refractivity contribution in [2.24, 2.45) is 0 Å². The molecule has 9 heteroatoms. The highest BCUT2D eigenvalue weighted by Crippen LogP contribution is 2.56. The minimum atomic E-state index is -1.17. The summed E-state index contributed by atoms with van der Waals surface area (Å²) in [7, 11) is 0. The number of aromatic hydroxyl groups is 2. The van der Waals surface area contributed by atoms with Crippen molar-refractivity contribution in [2.75, 3.05) is 0 Å². The molecule has 0 bridgehead atoms.